The van der Waals surface area contributed by atoms with E-state index in [9.17, 15) is 5.11 Å². The number of hydrogen-bond acceptors (Lipinski definition) is 3. The van der Waals surface area contributed by atoms with Crippen LogP contribution in [0.5, 0.6) is 0 Å². The Morgan fingerprint density at radius 3 is 2.76 bits per heavy atom. The molecule has 0 aliphatic rings. The maximum Gasteiger partial charge on any atom is 0.0758 e. The van der Waals surface area contributed by atoms with Gasteiger partial charge < -0.3 is 10.4 Å². The minimum atomic E-state index is -0.271. The Balaban J connectivity index is 2.34. The molecule has 1 unspecified atom stereocenters. The van der Waals surface area contributed by atoms with Crippen LogP contribution in [0.1, 0.15) is 24.5 Å². The SMILES string of the molecule is CCCNCC(O)CSc1ccc(C)cc1C. The number of aryl methyl sites for hydroxylation is 2. The van der Waals surface area contributed by atoms with Crippen LogP contribution in [0.25, 0.3) is 0 Å². The van der Waals surface area contributed by atoms with Crippen LogP contribution in [0, 0.1) is 13.8 Å². The van der Waals surface area contributed by atoms with Crippen molar-refractivity contribution in [3.8, 4) is 0 Å². The monoisotopic (exact) mass is 253 g/mol. The first-order chi connectivity index (χ1) is 8.13. The Bertz CT molecular complexity index is 341. The molecule has 0 aliphatic carbocycles. The van der Waals surface area contributed by atoms with E-state index in [0.29, 0.717) is 6.54 Å². The van der Waals surface area contributed by atoms with Crippen LogP contribution < -0.4 is 5.32 Å². The highest BCUT2D eigenvalue weighted by molar-refractivity contribution is 7.99. The average molecular weight is 253 g/mol. The van der Waals surface area contributed by atoms with Gasteiger partial charge in [0.05, 0.1) is 6.10 Å². The summed E-state index contributed by atoms with van der Waals surface area (Å²) in [4.78, 5) is 1.27. The van der Waals surface area contributed by atoms with Crippen molar-refractivity contribution in [3.63, 3.8) is 0 Å². The number of hydrogen-bond donors (Lipinski definition) is 2. The van der Waals surface area contributed by atoms with Crippen LogP contribution in [-0.4, -0.2) is 30.1 Å². The van der Waals surface area contributed by atoms with Crippen LogP contribution in [0.2, 0.25) is 0 Å². The van der Waals surface area contributed by atoms with Crippen molar-refractivity contribution < 1.29 is 5.11 Å². The predicted molar refractivity (Wildman–Crippen MR) is 75.8 cm³/mol. The molecule has 1 aromatic carbocycles. The van der Waals surface area contributed by atoms with Crippen molar-refractivity contribution in [2.75, 3.05) is 18.8 Å². The molecule has 1 aromatic rings. The second kappa shape index (κ2) is 7.75. The predicted octanol–water partition coefficient (Wildman–Crippen LogP) is 2.76. The third-order valence-electron chi connectivity index (χ3n) is 2.57. The first kappa shape index (κ1) is 14.6. The highest BCUT2D eigenvalue weighted by Gasteiger charge is 2.06. The van der Waals surface area contributed by atoms with Crippen LogP contribution in [-0.2, 0) is 0 Å². The molecule has 0 saturated heterocycles. The molecule has 1 atom stereocenters. The molecule has 96 valence electrons. The van der Waals surface area contributed by atoms with E-state index in [4.69, 9.17) is 0 Å². The number of thioether (sulfide) groups is 1. The molecule has 0 aromatic heterocycles. The highest BCUT2D eigenvalue weighted by Crippen LogP contribution is 2.23. The zero-order chi connectivity index (χ0) is 12.7. The van der Waals surface area contributed by atoms with Crippen molar-refractivity contribution in [2.24, 2.45) is 0 Å². The van der Waals surface area contributed by atoms with E-state index < -0.39 is 0 Å². The fraction of sp³-hybridized carbons (Fsp3) is 0.571. The Labute approximate surface area is 109 Å². The van der Waals surface area contributed by atoms with E-state index in [0.717, 1.165) is 18.7 Å². The molecule has 0 spiro atoms. The van der Waals surface area contributed by atoms with Crippen molar-refractivity contribution in [1.82, 2.24) is 5.32 Å². The molecule has 0 heterocycles. The van der Waals surface area contributed by atoms with Crippen LogP contribution >= 0.6 is 11.8 Å². The molecule has 1 rings (SSSR count). The van der Waals surface area contributed by atoms with Gasteiger partial charge in [0, 0.05) is 17.2 Å². The van der Waals surface area contributed by atoms with E-state index in [1.807, 2.05) is 0 Å². The topological polar surface area (TPSA) is 32.3 Å². The zero-order valence-corrected chi connectivity index (χ0v) is 11.8. The standard InChI is InChI=1S/C14H23NOS/c1-4-7-15-9-13(16)10-17-14-6-5-11(2)8-12(14)3/h5-6,8,13,15-16H,4,7,9-10H2,1-3H3. The van der Waals surface area contributed by atoms with Gasteiger partial charge in [-0.1, -0.05) is 24.6 Å². The lowest BCUT2D eigenvalue weighted by molar-refractivity contribution is 0.196. The Morgan fingerprint density at radius 1 is 1.35 bits per heavy atom. The minimum Gasteiger partial charge on any atom is -0.391 e. The smallest absolute Gasteiger partial charge is 0.0758 e. The first-order valence-corrected chi connectivity index (χ1v) is 7.21. The van der Waals surface area contributed by atoms with Crippen molar-refractivity contribution in [1.29, 1.82) is 0 Å². The lowest BCUT2D eigenvalue weighted by atomic mass is 10.2. The second-order valence-corrected chi connectivity index (χ2v) is 5.50. The van der Waals surface area contributed by atoms with Gasteiger partial charge in [-0.25, -0.2) is 0 Å². The molecular formula is C14H23NOS. The largest absolute Gasteiger partial charge is 0.391 e. The van der Waals surface area contributed by atoms with Gasteiger partial charge in [-0.15, -0.1) is 11.8 Å². The van der Waals surface area contributed by atoms with Crippen molar-refractivity contribution in [3.05, 3.63) is 29.3 Å². The summed E-state index contributed by atoms with van der Waals surface area (Å²) >= 11 is 1.73. The lowest BCUT2D eigenvalue weighted by Crippen LogP contribution is -2.28. The van der Waals surface area contributed by atoms with Gasteiger partial charge in [-0.05, 0) is 38.4 Å². The fourth-order valence-electron chi connectivity index (χ4n) is 1.65. The maximum absolute atomic E-state index is 9.80. The molecule has 17 heavy (non-hydrogen) atoms. The van der Waals surface area contributed by atoms with E-state index in [1.165, 1.54) is 16.0 Å². The molecule has 0 bridgehead atoms. The molecule has 2 nitrogen and oxygen atoms in total. The van der Waals surface area contributed by atoms with Gasteiger partial charge in [0.1, 0.15) is 0 Å². The number of rotatable bonds is 7. The lowest BCUT2D eigenvalue weighted by Gasteiger charge is -2.12. The maximum atomic E-state index is 9.80. The second-order valence-electron chi connectivity index (χ2n) is 4.44. The summed E-state index contributed by atoms with van der Waals surface area (Å²) in [6.45, 7) is 8.02. The van der Waals surface area contributed by atoms with Crippen molar-refractivity contribution in [2.45, 2.75) is 38.2 Å². The van der Waals surface area contributed by atoms with E-state index >= 15 is 0 Å². The fourth-order valence-corrected chi connectivity index (χ4v) is 2.59. The Hall–Kier alpha value is -0.510. The summed E-state index contributed by atoms with van der Waals surface area (Å²) in [5.74, 6) is 0.751. The summed E-state index contributed by atoms with van der Waals surface area (Å²) in [6, 6.07) is 6.45. The van der Waals surface area contributed by atoms with Gasteiger partial charge in [0.25, 0.3) is 0 Å². The minimum absolute atomic E-state index is 0.271. The van der Waals surface area contributed by atoms with Gasteiger partial charge in [0.2, 0.25) is 0 Å². The average Bonchev–Trinajstić information content (AvgIpc) is 2.28. The number of benzene rings is 1. The summed E-state index contributed by atoms with van der Waals surface area (Å²) in [7, 11) is 0. The molecule has 3 heteroatoms. The van der Waals surface area contributed by atoms with Crippen molar-refractivity contribution >= 4 is 11.8 Å². The normalized spacial score (nSPS) is 12.7. The number of aliphatic hydroxyl groups is 1. The molecule has 2 N–H and O–H groups in total. The Morgan fingerprint density at radius 2 is 2.12 bits per heavy atom. The van der Waals surface area contributed by atoms with Gasteiger partial charge >= 0.3 is 0 Å². The summed E-state index contributed by atoms with van der Waals surface area (Å²) in [6.07, 6.45) is 0.837. The van der Waals surface area contributed by atoms with Crippen LogP contribution in [0.15, 0.2) is 23.1 Å². The molecular weight excluding hydrogens is 230 g/mol. The van der Waals surface area contributed by atoms with Crippen LogP contribution in [0.4, 0.5) is 0 Å². The quantitative estimate of drug-likeness (QED) is 0.579. The Kier molecular flexibility index (Phi) is 6.63. The summed E-state index contributed by atoms with van der Waals surface area (Å²) < 4.78 is 0. The molecule has 0 fully saturated rings. The highest BCUT2D eigenvalue weighted by atomic mass is 32.2. The third-order valence-corrected chi connectivity index (χ3v) is 3.89. The molecule has 0 saturated carbocycles. The zero-order valence-electron chi connectivity index (χ0n) is 11.0. The molecule has 0 aliphatic heterocycles. The van der Waals surface area contributed by atoms with E-state index in [-0.39, 0.29) is 6.10 Å². The van der Waals surface area contributed by atoms with Crippen LogP contribution in [0.3, 0.4) is 0 Å². The number of nitrogens with one attached hydrogen (secondary N) is 1. The van der Waals surface area contributed by atoms with E-state index in [2.05, 4.69) is 44.3 Å². The summed E-state index contributed by atoms with van der Waals surface area (Å²) in [5, 5.41) is 13.0. The molecule has 0 amide bonds. The van der Waals surface area contributed by atoms with Gasteiger partial charge in [-0.2, -0.15) is 0 Å². The first-order valence-electron chi connectivity index (χ1n) is 6.22. The van der Waals surface area contributed by atoms with Gasteiger partial charge in [-0.3, -0.25) is 0 Å². The van der Waals surface area contributed by atoms with Gasteiger partial charge in [0.15, 0.2) is 0 Å². The molecule has 0 radical (unpaired) electrons. The van der Waals surface area contributed by atoms with E-state index in [1.54, 1.807) is 11.8 Å². The summed E-state index contributed by atoms with van der Waals surface area (Å²) in [5.41, 5.74) is 2.58. The third kappa shape index (κ3) is 5.57. The number of aliphatic hydroxyl groups excluding tert-OH is 1.